The van der Waals surface area contributed by atoms with E-state index in [-0.39, 0.29) is 13.0 Å². The normalized spacial score (nSPS) is 15.0. The van der Waals surface area contributed by atoms with Gasteiger partial charge in [-0.1, -0.05) is 160 Å². The predicted octanol–water partition coefficient (Wildman–Crippen LogP) is 13.4. The van der Waals surface area contributed by atoms with Gasteiger partial charge in [0.2, 0.25) is 0 Å². The topological polar surface area (TPSA) is 155 Å². The highest BCUT2D eigenvalue weighted by Gasteiger charge is 2.27. The molecule has 0 aromatic heterocycles. The average molecular weight is 896 g/mol. The van der Waals surface area contributed by atoms with Crippen molar-refractivity contribution >= 4 is 19.8 Å². The number of rotatable bonds is 42. The number of esters is 1. The number of carboxylic acids is 1. The number of hydrogen-bond acceptors (Lipinski definition) is 8. The van der Waals surface area contributed by atoms with Gasteiger partial charge < -0.3 is 25.2 Å². The van der Waals surface area contributed by atoms with E-state index in [4.69, 9.17) is 29.4 Å². The molecule has 0 saturated heterocycles. The zero-order valence-electron chi connectivity index (χ0n) is 38.6. The van der Waals surface area contributed by atoms with Crippen LogP contribution in [0.1, 0.15) is 142 Å². The molecule has 0 fully saturated rings. The first-order chi connectivity index (χ1) is 30.7. The fraction of sp³-hybridized carbons (Fsp3) is 0.538. The predicted molar refractivity (Wildman–Crippen MR) is 262 cm³/mol. The molecule has 0 heterocycles. The summed E-state index contributed by atoms with van der Waals surface area (Å²) in [5.74, 6) is -1.84. The highest BCUT2D eigenvalue weighted by atomic mass is 31.2. The van der Waals surface area contributed by atoms with Gasteiger partial charge in [0.05, 0.1) is 19.8 Å². The van der Waals surface area contributed by atoms with Crippen LogP contribution in [0.2, 0.25) is 0 Å². The summed E-state index contributed by atoms with van der Waals surface area (Å²) in [6.45, 7) is 3.49. The van der Waals surface area contributed by atoms with Crippen molar-refractivity contribution in [3.63, 3.8) is 0 Å². The van der Waals surface area contributed by atoms with Crippen molar-refractivity contribution in [2.75, 3.05) is 26.4 Å². The molecule has 0 bridgehead atoms. The number of phosphoric ester groups is 1. The molecule has 354 valence electrons. The molecule has 10 nitrogen and oxygen atoms in total. The Morgan fingerprint density at radius 1 is 0.508 bits per heavy atom. The summed E-state index contributed by atoms with van der Waals surface area (Å²) in [4.78, 5) is 33.6. The van der Waals surface area contributed by atoms with Crippen molar-refractivity contribution < 1.29 is 42.7 Å². The third-order valence-electron chi connectivity index (χ3n) is 8.93. The monoisotopic (exact) mass is 896 g/mol. The molecule has 0 spiro atoms. The largest absolute Gasteiger partial charge is 0.480 e. The maximum Gasteiger partial charge on any atom is 0.472 e. The first-order valence-corrected chi connectivity index (χ1v) is 24.7. The molecular weight excluding hydrogens is 814 g/mol. The van der Waals surface area contributed by atoms with Crippen LogP contribution < -0.4 is 5.73 Å². The lowest BCUT2D eigenvalue weighted by Crippen LogP contribution is -2.34. The molecule has 0 aromatic carbocycles. The minimum Gasteiger partial charge on any atom is -0.480 e. The van der Waals surface area contributed by atoms with Gasteiger partial charge in [0.1, 0.15) is 12.1 Å². The van der Waals surface area contributed by atoms with E-state index >= 15 is 0 Å². The van der Waals surface area contributed by atoms with Gasteiger partial charge in [-0.3, -0.25) is 18.6 Å². The van der Waals surface area contributed by atoms with Crippen LogP contribution in [0.3, 0.4) is 0 Å². The minimum atomic E-state index is -4.65. The molecule has 0 aliphatic rings. The van der Waals surface area contributed by atoms with Gasteiger partial charge in [-0.05, 0) is 109 Å². The van der Waals surface area contributed by atoms with E-state index in [1.807, 2.05) is 0 Å². The third kappa shape index (κ3) is 45.9. The molecule has 0 aliphatic heterocycles. The molecule has 0 rings (SSSR count). The van der Waals surface area contributed by atoms with Crippen molar-refractivity contribution in [3.8, 4) is 0 Å². The van der Waals surface area contributed by atoms with Crippen LogP contribution in [0.4, 0.5) is 0 Å². The van der Waals surface area contributed by atoms with Gasteiger partial charge >= 0.3 is 19.8 Å². The van der Waals surface area contributed by atoms with Crippen molar-refractivity contribution in [2.24, 2.45) is 5.73 Å². The molecule has 0 aliphatic carbocycles. The second-order valence-corrected chi connectivity index (χ2v) is 16.2. The van der Waals surface area contributed by atoms with Crippen molar-refractivity contribution in [1.29, 1.82) is 0 Å². The maximum atomic E-state index is 12.7. The van der Waals surface area contributed by atoms with Crippen molar-refractivity contribution in [3.05, 3.63) is 134 Å². The zero-order chi connectivity index (χ0) is 46.2. The van der Waals surface area contributed by atoms with E-state index in [9.17, 15) is 19.0 Å². The first-order valence-electron chi connectivity index (χ1n) is 23.2. The van der Waals surface area contributed by atoms with Crippen LogP contribution >= 0.6 is 7.82 Å². The van der Waals surface area contributed by atoms with Gasteiger partial charge in [0.15, 0.2) is 0 Å². The van der Waals surface area contributed by atoms with Gasteiger partial charge in [0, 0.05) is 13.0 Å². The van der Waals surface area contributed by atoms with Gasteiger partial charge in [-0.25, -0.2) is 4.57 Å². The summed E-state index contributed by atoms with van der Waals surface area (Å²) < 4.78 is 33.3. The van der Waals surface area contributed by atoms with Crippen LogP contribution in [0.15, 0.2) is 134 Å². The summed E-state index contributed by atoms with van der Waals surface area (Å²) in [5, 5.41) is 8.91. The van der Waals surface area contributed by atoms with E-state index in [1.54, 1.807) is 0 Å². The highest BCUT2D eigenvalue weighted by molar-refractivity contribution is 7.47. The Bertz CT molecular complexity index is 1500. The molecule has 3 atom stereocenters. The quantitative estimate of drug-likeness (QED) is 0.0233. The number of ether oxygens (including phenoxy) is 2. The maximum absolute atomic E-state index is 12.7. The smallest absolute Gasteiger partial charge is 0.472 e. The molecule has 4 N–H and O–H groups in total. The molecular formula is C52H82NO9P. The Labute approximate surface area is 381 Å². The van der Waals surface area contributed by atoms with E-state index in [0.29, 0.717) is 13.0 Å². The molecule has 11 heteroatoms. The lowest BCUT2D eigenvalue weighted by Gasteiger charge is -2.20. The Kier molecular flexibility index (Phi) is 43.3. The number of carbonyl (C=O) groups excluding carboxylic acids is 1. The second kappa shape index (κ2) is 46.1. The van der Waals surface area contributed by atoms with Crippen molar-refractivity contribution in [1.82, 2.24) is 0 Å². The third-order valence-corrected chi connectivity index (χ3v) is 9.88. The lowest BCUT2D eigenvalue weighted by molar-refractivity contribution is -0.154. The number of allylic oxidation sites excluding steroid dienone is 22. The second-order valence-electron chi connectivity index (χ2n) is 14.8. The fourth-order valence-corrected chi connectivity index (χ4v) is 6.17. The van der Waals surface area contributed by atoms with E-state index in [0.717, 1.165) is 116 Å². The summed E-state index contributed by atoms with van der Waals surface area (Å²) >= 11 is 0. The van der Waals surface area contributed by atoms with E-state index < -0.39 is 45.1 Å². The molecule has 0 amide bonds. The minimum absolute atomic E-state index is 0.0302. The number of hydrogen-bond donors (Lipinski definition) is 3. The summed E-state index contributed by atoms with van der Waals surface area (Å²) in [5.41, 5.74) is 5.36. The highest BCUT2D eigenvalue weighted by Crippen LogP contribution is 2.43. The molecule has 0 saturated carbocycles. The Morgan fingerprint density at radius 3 is 1.27 bits per heavy atom. The van der Waals surface area contributed by atoms with Crippen LogP contribution in [0.5, 0.6) is 0 Å². The number of unbranched alkanes of at least 4 members (excludes halogenated alkanes) is 6. The Morgan fingerprint density at radius 2 is 0.873 bits per heavy atom. The summed E-state index contributed by atoms with van der Waals surface area (Å²) in [7, 11) is -4.65. The van der Waals surface area contributed by atoms with E-state index in [2.05, 4.69) is 148 Å². The standard InChI is InChI=1S/C52H82NO9P/c1-3-5-7-9-11-13-15-17-19-21-23-24-25-27-29-31-33-35-37-39-41-43-45-59-46-49(47-60-63(57,58)61-48-50(53)52(55)56)62-51(54)44-42-40-38-36-34-32-30-28-26-22-20-18-16-14-12-10-8-6-4-2/h5-8,11-14,17-20,23-24,26-29,32-35,49-50H,3-4,9-10,15-16,21-22,25,30-31,36-48,53H2,1-2H3,(H,55,56)(H,57,58)/b7-5-,8-6-,13-11-,14-12-,19-17-,20-18-,24-23-,28-26-,29-27-,34-32-,35-33-. The van der Waals surface area contributed by atoms with Crippen LogP contribution in [0.25, 0.3) is 0 Å². The average Bonchev–Trinajstić information content (AvgIpc) is 3.26. The van der Waals surface area contributed by atoms with Gasteiger partial charge in [-0.15, -0.1) is 0 Å². The Hall–Kier alpha value is -3.89. The Balaban J connectivity index is 4.39. The number of phosphoric acid groups is 1. The zero-order valence-corrected chi connectivity index (χ0v) is 39.5. The number of aliphatic carboxylic acids is 1. The summed E-state index contributed by atoms with van der Waals surface area (Å²) in [6, 6.07) is -1.49. The molecule has 63 heavy (non-hydrogen) atoms. The van der Waals surface area contributed by atoms with E-state index in [1.165, 1.54) is 0 Å². The summed E-state index contributed by atoms with van der Waals surface area (Å²) in [6.07, 6.45) is 65.1. The molecule has 0 aromatic rings. The number of carbonyl (C=O) groups is 2. The SMILES string of the molecule is CC/C=C\C/C=C\C/C=C\C/C=C\C/C=C\C/C=C\CCCCCOCC(COP(=O)(O)OCC(N)C(=O)O)OC(=O)CCCCC/C=C\C/C=C\C/C=C\C/C=C\C/C=C\CC. The van der Waals surface area contributed by atoms with Crippen molar-refractivity contribution in [2.45, 2.75) is 154 Å². The first kappa shape index (κ1) is 59.1. The lowest BCUT2D eigenvalue weighted by atomic mass is 10.1. The van der Waals surface area contributed by atoms with Crippen LogP contribution in [-0.4, -0.2) is 60.5 Å². The molecule has 0 radical (unpaired) electrons. The van der Waals surface area contributed by atoms with Gasteiger partial charge in [-0.2, -0.15) is 0 Å². The van der Waals surface area contributed by atoms with Crippen LogP contribution in [0, 0.1) is 0 Å². The van der Waals surface area contributed by atoms with Gasteiger partial charge in [0.25, 0.3) is 0 Å². The van der Waals surface area contributed by atoms with Crippen LogP contribution in [-0.2, 0) is 32.7 Å². The fourth-order valence-electron chi connectivity index (χ4n) is 5.40. The molecule has 3 unspecified atom stereocenters. The number of nitrogens with two attached hydrogens (primary N) is 1. The number of carboxylic acid groups (broad SMARTS) is 1.